The second kappa shape index (κ2) is 12.4. The number of anilines is 1. The molecule has 10 nitrogen and oxygen atoms in total. The number of alkyl halides is 3. The maximum absolute atomic E-state index is 12.9. The molecule has 3 N–H and O–H groups in total. The van der Waals surface area contributed by atoms with Crippen molar-refractivity contribution in [3.8, 4) is 17.2 Å². The van der Waals surface area contributed by atoms with Crippen molar-refractivity contribution < 1.29 is 41.8 Å². The molecule has 0 aliphatic carbocycles. The van der Waals surface area contributed by atoms with E-state index >= 15 is 0 Å². The maximum Gasteiger partial charge on any atom is 0.416 e. The van der Waals surface area contributed by atoms with Crippen LogP contribution in [0, 0.1) is 0 Å². The first-order chi connectivity index (χ1) is 19.1. The highest BCUT2D eigenvalue weighted by Crippen LogP contribution is 2.32. The van der Waals surface area contributed by atoms with E-state index in [1.54, 1.807) is 18.2 Å². The van der Waals surface area contributed by atoms with E-state index in [0.717, 1.165) is 18.3 Å². The summed E-state index contributed by atoms with van der Waals surface area (Å²) in [6.07, 6.45) is -3.41. The number of nitrogens with one attached hydrogen (secondary N) is 3. The fraction of sp³-hybridized carbons (Fsp3) is 0.154. The number of carbonyl (C=O) groups excluding carboxylic acids is 3. The molecule has 0 spiro atoms. The monoisotopic (exact) mass is 576 g/mol. The van der Waals surface area contributed by atoms with E-state index in [-0.39, 0.29) is 35.4 Å². The molecule has 1 heterocycles. The lowest BCUT2D eigenvalue weighted by molar-refractivity contribution is -0.139. The highest BCUT2D eigenvalue weighted by atomic mass is 35.5. The molecule has 0 fully saturated rings. The number of hydrogen-bond acceptors (Lipinski definition) is 7. The molecule has 14 heteroatoms. The molecule has 3 aromatic carbocycles. The minimum Gasteiger partial charge on any atom is -0.483 e. The van der Waals surface area contributed by atoms with Crippen LogP contribution in [0.2, 0.25) is 5.02 Å². The summed E-state index contributed by atoms with van der Waals surface area (Å²) in [4.78, 5) is 36.4. The zero-order chi connectivity index (χ0) is 28.7. The number of halogens is 4. The van der Waals surface area contributed by atoms with E-state index in [1.807, 2.05) is 0 Å². The number of hydrogen-bond donors (Lipinski definition) is 3. The van der Waals surface area contributed by atoms with Crippen molar-refractivity contribution in [2.75, 3.05) is 18.7 Å². The number of hydrazone groups is 1. The fourth-order valence-corrected chi connectivity index (χ4v) is 3.57. The topological polar surface area (TPSA) is 127 Å². The van der Waals surface area contributed by atoms with Crippen molar-refractivity contribution in [1.29, 1.82) is 0 Å². The van der Waals surface area contributed by atoms with Crippen molar-refractivity contribution in [3.63, 3.8) is 0 Å². The van der Waals surface area contributed by atoms with Gasteiger partial charge in [-0.05, 0) is 54.1 Å². The van der Waals surface area contributed by atoms with Crippen molar-refractivity contribution in [1.82, 2.24) is 10.7 Å². The highest BCUT2D eigenvalue weighted by molar-refractivity contribution is 6.35. The van der Waals surface area contributed by atoms with Crippen LogP contribution in [0.15, 0.2) is 65.8 Å². The third-order valence-corrected chi connectivity index (χ3v) is 5.51. The molecule has 0 saturated carbocycles. The molecule has 0 aromatic heterocycles. The predicted octanol–water partition coefficient (Wildman–Crippen LogP) is 3.87. The summed E-state index contributed by atoms with van der Waals surface area (Å²) in [5.41, 5.74) is 2.05. The molecule has 1 aliphatic rings. The van der Waals surface area contributed by atoms with Gasteiger partial charge in [0.15, 0.2) is 18.1 Å². The number of fused-ring (bicyclic) bond motifs is 1. The SMILES string of the molecule is O=C(COc1ccc(Cl)cc1/C=N\NC(=O)C(=O)NCc1ccc2c(c1)OCO2)Nc1cccc(C(F)(F)F)c1. The second-order valence-corrected chi connectivity index (χ2v) is 8.60. The Balaban J connectivity index is 1.29. The summed E-state index contributed by atoms with van der Waals surface area (Å²) in [6.45, 7) is -0.382. The van der Waals surface area contributed by atoms with E-state index in [2.05, 4.69) is 21.2 Å². The second-order valence-electron chi connectivity index (χ2n) is 8.17. The van der Waals surface area contributed by atoms with E-state index in [4.69, 9.17) is 25.8 Å². The predicted molar refractivity (Wildman–Crippen MR) is 137 cm³/mol. The molecule has 0 bridgehead atoms. The van der Waals surface area contributed by atoms with Gasteiger partial charge < -0.3 is 24.8 Å². The molecule has 1 aliphatic heterocycles. The van der Waals surface area contributed by atoms with E-state index < -0.39 is 36.1 Å². The van der Waals surface area contributed by atoms with Crippen LogP contribution in [0.1, 0.15) is 16.7 Å². The lowest BCUT2D eigenvalue weighted by Gasteiger charge is -2.11. The van der Waals surface area contributed by atoms with Crippen LogP contribution < -0.4 is 30.3 Å². The van der Waals surface area contributed by atoms with Crippen LogP contribution in [0.3, 0.4) is 0 Å². The molecule has 3 amide bonds. The first kappa shape index (κ1) is 28.2. The van der Waals surface area contributed by atoms with Crippen molar-refractivity contribution in [2.45, 2.75) is 12.7 Å². The van der Waals surface area contributed by atoms with Gasteiger partial charge >= 0.3 is 18.0 Å². The van der Waals surface area contributed by atoms with Gasteiger partial charge in [0, 0.05) is 22.8 Å². The van der Waals surface area contributed by atoms with Gasteiger partial charge in [0.05, 0.1) is 11.8 Å². The number of rotatable bonds is 8. The minimum absolute atomic E-state index is 0.0548. The number of amides is 3. The molecular weight excluding hydrogens is 557 g/mol. The summed E-state index contributed by atoms with van der Waals surface area (Å²) >= 11 is 6.01. The lowest BCUT2D eigenvalue weighted by atomic mass is 10.2. The zero-order valence-electron chi connectivity index (χ0n) is 20.4. The molecule has 3 aromatic rings. The first-order valence-corrected chi connectivity index (χ1v) is 11.9. The molecule has 0 saturated heterocycles. The Bertz CT molecular complexity index is 1460. The van der Waals surface area contributed by atoms with Crippen LogP contribution in [-0.4, -0.2) is 37.3 Å². The normalized spacial score (nSPS) is 12.2. The quantitative estimate of drug-likeness (QED) is 0.212. The Morgan fingerprint density at radius 2 is 1.80 bits per heavy atom. The Morgan fingerprint density at radius 3 is 2.60 bits per heavy atom. The van der Waals surface area contributed by atoms with Gasteiger partial charge in [0.2, 0.25) is 6.79 Å². The third kappa shape index (κ3) is 7.63. The molecular formula is C26H20ClF3N4O6. The number of carbonyl (C=O) groups is 3. The van der Waals surface area contributed by atoms with Crippen LogP contribution >= 0.6 is 11.6 Å². The van der Waals surface area contributed by atoms with Gasteiger partial charge in [-0.3, -0.25) is 14.4 Å². The zero-order valence-corrected chi connectivity index (χ0v) is 21.1. The smallest absolute Gasteiger partial charge is 0.416 e. The summed E-state index contributed by atoms with van der Waals surface area (Å²) < 4.78 is 54.6. The molecule has 0 atom stereocenters. The summed E-state index contributed by atoms with van der Waals surface area (Å²) in [5, 5.41) is 8.79. The fourth-order valence-electron chi connectivity index (χ4n) is 3.39. The lowest BCUT2D eigenvalue weighted by Crippen LogP contribution is -2.37. The van der Waals surface area contributed by atoms with Gasteiger partial charge in [0.25, 0.3) is 5.91 Å². The third-order valence-electron chi connectivity index (χ3n) is 5.27. The Kier molecular flexibility index (Phi) is 8.74. The summed E-state index contributed by atoms with van der Waals surface area (Å²) in [6, 6.07) is 13.6. The van der Waals surface area contributed by atoms with Gasteiger partial charge in [-0.1, -0.05) is 23.7 Å². The van der Waals surface area contributed by atoms with Crippen LogP contribution in [-0.2, 0) is 27.1 Å². The highest BCUT2D eigenvalue weighted by Gasteiger charge is 2.30. The number of benzene rings is 3. The van der Waals surface area contributed by atoms with Crippen molar-refractivity contribution in [3.05, 3.63) is 82.4 Å². The van der Waals surface area contributed by atoms with Gasteiger partial charge in [-0.15, -0.1) is 0 Å². The molecule has 40 heavy (non-hydrogen) atoms. The van der Waals surface area contributed by atoms with Crippen LogP contribution in [0.5, 0.6) is 17.2 Å². The molecule has 0 unspecified atom stereocenters. The maximum atomic E-state index is 12.9. The average molecular weight is 577 g/mol. The molecule has 0 radical (unpaired) electrons. The van der Waals surface area contributed by atoms with Gasteiger partial charge in [0.1, 0.15) is 5.75 Å². The van der Waals surface area contributed by atoms with Crippen molar-refractivity contribution >= 4 is 41.2 Å². The Labute approximate surface area is 230 Å². The van der Waals surface area contributed by atoms with Crippen LogP contribution in [0.25, 0.3) is 0 Å². The van der Waals surface area contributed by atoms with E-state index in [1.165, 1.54) is 30.3 Å². The summed E-state index contributed by atoms with van der Waals surface area (Å²) in [5.74, 6) is -1.44. The van der Waals surface area contributed by atoms with Gasteiger partial charge in [-0.2, -0.15) is 18.3 Å². The number of nitrogens with zero attached hydrogens (tertiary/aromatic N) is 1. The van der Waals surface area contributed by atoms with E-state index in [9.17, 15) is 27.6 Å². The average Bonchev–Trinajstić information content (AvgIpc) is 3.39. The molecule has 4 rings (SSSR count). The first-order valence-electron chi connectivity index (χ1n) is 11.5. The van der Waals surface area contributed by atoms with E-state index in [0.29, 0.717) is 17.1 Å². The number of ether oxygens (including phenoxy) is 3. The Morgan fingerprint density at radius 1 is 1.00 bits per heavy atom. The van der Waals surface area contributed by atoms with Crippen molar-refractivity contribution in [2.24, 2.45) is 5.10 Å². The van der Waals surface area contributed by atoms with Gasteiger partial charge in [-0.25, -0.2) is 5.43 Å². The largest absolute Gasteiger partial charge is 0.483 e. The Hall–Kier alpha value is -4.78. The standard InChI is InChI=1S/C26H20ClF3N4O6/c27-18-5-7-20(38-13-23(35)33-19-3-1-2-17(10-19)26(28,29)30)16(9-18)12-32-34-25(37)24(36)31-11-15-4-6-21-22(8-15)40-14-39-21/h1-10,12H,11,13-14H2,(H,31,36)(H,33,35)(H,34,37)/b32-12-. The minimum atomic E-state index is -4.56. The summed E-state index contributed by atoms with van der Waals surface area (Å²) in [7, 11) is 0. The van der Waals surface area contributed by atoms with Crippen LogP contribution in [0.4, 0.5) is 18.9 Å². The molecule has 208 valence electrons.